The predicted octanol–water partition coefficient (Wildman–Crippen LogP) is 4.93. The molecule has 30 heavy (non-hydrogen) atoms. The quantitative estimate of drug-likeness (QED) is 0.550. The number of amides is 2. The van der Waals surface area contributed by atoms with Crippen LogP contribution < -0.4 is 10.6 Å². The summed E-state index contributed by atoms with van der Waals surface area (Å²) >= 11 is 0. The second kappa shape index (κ2) is 9.74. The van der Waals surface area contributed by atoms with Crippen LogP contribution in [0, 0.1) is 13.8 Å². The fourth-order valence-electron chi connectivity index (χ4n) is 3.15. The Morgan fingerprint density at radius 1 is 1.00 bits per heavy atom. The van der Waals surface area contributed by atoms with Crippen molar-refractivity contribution in [2.45, 2.75) is 33.2 Å². The molecule has 0 spiro atoms. The van der Waals surface area contributed by atoms with E-state index in [0.717, 1.165) is 16.7 Å². The minimum Gasteiger partial charge on any atom is -0.465 e. The molecular formula is C25H26N2O3. The molecule has 0 aliphatic carbocycles. The highest BCUT2D eigenvalue weighted by atomic mass is 16.3. The fourth-order valence-corrected chi connectivity index (χ4v) is 3.15. The summed E-state index contributed by atoms with van der Waals surface area (Å²) in [4.78, 5) is 25.9. The van der Waals surface area contributed by atoms with E-state index in [-0.39, 0.29) is 23.6 Å². The number of hydrogen-bond donors (Lipinski definition) is 2. The Morgan fingerprint density at radius 2 is 1.73 bits per heavy atom. The zero-order chi connectivity index (χ0) is 21.5. The molecule has 154 valence electrons. The van der Waals surface area contributed by atoms with Gasteiger partial charge in [0.2, 0.25) is 0 Å². The third-order valence-corrected chi connectivity index (χ3v) is 4.91. The summed E-state index contributed by atoms with van der Waals surface area (Å²) in [5.74, 6) is -0.237. The van der Waals surface area contributed by atoms with Crippen LogP contribution in [0.5, 0.6) is 0 Å². The lowest BCUT2D eigenvalue weighted by Gasteiger charge is -2.19. The van der Waals surface area contributed by atoms with Gasteiger partial charge in [-0.2, -0.15) is 0 Å². The summed E-state index contributed by atoms with van der Waals surface area (Å²) in [6, 6.07) is 18.6. The maximum atomic E-state index is 13.1. The van der Waals surface area contributed by atoms with Gasteiger partial charge in [-0.3, -0.25) is 9.59 Å². The highest BCUT2D eigenvalue weighted by molar-refractivity contribution is 6.05. The maximum absolute atomic E-state index is 13.1. The average molecular weight is 402 g/mol. The van der Waals surface area contributed by atoms with E-state index < -0.39 is 0 Å². The van der Waals surface area contributed by atoms with Gasteiger partial charge in [0.25, 0.3) is 11.8 Å². The minimum atomic E-state index is -0.374. The molecule has 0 unspecified atom stereocenters. The average Bonchev–Trinajstić information content (AvgIpc) is 3.25. The summed E-state index contributed by atoms with van der Waals surface area (Å²) in [5, 5.41) is 5.78. The molecule has 3 aromatic rings. The summed E-state index contributed by atoms with van der Waals surface area (Å²) in [7, 11) is 0. The van der Waals surface area contributed by atoms with Crippen LogP contribution in [0.4, 0.5) is 0 Å². The normalized spacial score (nSPS) is 12.3. The second-order valence-electron chi connectivity index (χ2n) is 7.19. The number of carbonyl (C=O) groups is 2. The van der Waals surface area contributed by atoms with Crippen molar-refractivity contribution in [1.29, 1.82) is 0 Å². The number of benzene rings is 2. The predicted molar refractivity (Wildman–Crippen MR) is 118 cm³/mol. The van der Waals surface area contributed by atoms with Gasteiger partial charge in [0, 0.05) is 11.6 Å². The third-order valence-electron chi connectivity index (χ3n) is 4.91. The lowest BCUT2D eigenvalue weighted by molar-refractivity contribution is -0.118. The molecule has 1 atom stereocenters. The Bertz CT molecular complexity index is 1030. The Labute approximate surface area is 176 Å². The minimum absolute atomic E-state index is 0.128. The molecule has 0 aliphatic rings. The number of hydrogen-bond acceptors (Lipinski definition) is 3. The first-order valence-electron chi connectivity index (χ1n) is 9.97. The Hall–Kier alpha value is -3.60. The van der Waals surface area contributed by atoms with Gasteiger partial charge in [-0.05, 0) is 49.6 Å². The molecule has 0 aliphatic heterocycles. The number of carbonyl (C=O) groups excluding carboxylic acids is 2. The molecule has 1 aromatic heterocycles. The van der Waals surface area contributed by atoms with E-state index in [1.54, 1.807) is 24.3 Å². The third kappa shape index (κ3) is 5.26. The summed E-state index contributed by atoms with van der Waals surface area (Å²) in [5.41, 5.74) is 3.65. The Morgan fingerprint density at radius 3 is 2.37 bits per heavy atom. The molecule has 2 amide bonds. The van der Waals surface area contributed by atoms with E-state index in [1.807, 2.05) is 57.2 Å². The van der Waals surface area contributed by atoms with E-state index in [4.69, 9.17) is 4.42 Å². The fraction of sp³-hybridized carbons (Fsp3) is 0.200. The first-order valence-corrected chi connectivity index (χ1v) is 9.97. The smallest absolute Gasteiger partial charge is 0.268 e. The van der Waals surface area contributed by atoms with Crippen LogP contribution in [0.15, 0.2) is 77.0 Å². The molecule has 1 heterocycles. The van der Waals surface area contributed by atoms with Gasteiger partial charge in [0.15, 0.2) is 0 Å². The largest absolute Gasteiger partial charge is 0.465 e. The van der Waals surface area contributed by atoms with E-state index in [2.05, 4.69) is 10.6 Å². The van der Waals surface area contributed by atoms with Crippen molar-refractivity contribution in [3.8, 4) is 0 Å². The van der Waals surface area contributed by atoms with Gasteiger partial charge >= 0.3 is 0 Å². The Balaban J connectivity index is 1.84. The molecule has 0 saturated carbocycles. The van der Waals surface area contributed by atoms with Crippen LogP contribution in [0.2, 0.25) is 0 Å². The monoisotopic (exact) mass is 402 g/mol. The summed E-state index contributed by atoms with van der Waals surface area (Å²) in [6.07, 6.45) is 3.77. The molecule has 0 saturated heterocycles. The molecule has 3 rings (SSSR count). The van der Waals surface area contributed by atoms with Crippen LogP contribution in [0.1, 0.15) is 52.2 Å². The van der Waals surface area contributed by atoms with Crippen molar-refractivity contribution in [2.75, 3.05) is 0 Å². The van der Waals surface area contributed by atoms with Gasteiger partial charge in [0.1, 0.15) is 11.5 Å². The standard InChI is InChI=1S/C25H26N2O3/c1-4-22(19-13-11-17(2)12-14-19)26-25(29)23(16-20-9-7-15-30-20)27-24(28)21-10-6-5-8-18(21)3/h5-16,22H,4H2,1-3H3,(H,26,29)(H,27,28)/b23-16-/t22-/m1/s1. The molecule has 2 N–H and O–H groups in total. The van der Waals surface area contributed by atoms with Crippen molar-refractivity contribution >= 4 is 17.9 Å². The molecule has 2 aromatic carbocycles. The molecule has 5 heteroatoms. The maximum Gasteiger partial charge on any atom is 0.268 e. The van der Waals surface area contributed by atoms with Gasteiger partial charge in [-0.1, -0.05) is 55.0 Å². The molecule has 0 fully saturated rings. The van der Waals surface area contributed by atoms with Crippen LogP contribution in [0.25, 0.3) is 6.08 Å². The molecular weight excluding hydrogens is 376 g/mol. The van der Waals surface area contributed by atoms with Crippen molar-refractivity contribution < 1.29 is 14.0 Å². The second-order valence-corrected chi connectivity index (χ2v) is 7.19. The van der Waals surface area contributed by atoms with Crippen molar-refractivity contribution in [1.82, 2.24) is 10.6 Å². The highest BCUT2D eigenvalue weighted by Gasteiger charge is 2.20. The zero-order valence-corrected chi connectivity index (χ0v) is 17.4. The molecule has 0 radical (unpaired) electrons. The van der Waals surface area contributed by atoms with E-state index in [1.165, 1.54) is 12.3 Å². The molecule has 0 bridgehead atoms. The van der Waals surface area contributed by atoms with Crippen LogP contribution in [-0.2, 0) is 4.79 Å². The van der Waals surface area contributed by atoms with Crippen molar-refractivity contribution in [2.24, 2.45) is 0 Å². The van der Waals surface area contributed by atoms with Crippen LogP contribution in [-0.4, -0.2) is 11.8 Å². The molecule has 5 nitrogen and oxygen atoms in total. The zero-order valence-electron chi connectivity index (χ0n) is 17.4. The highest BCUT2D eigenvalue weighted by Crippen LogP contribution is 2.18. The number of rotatable bonds is 7. The number of nitrogens with one attached hydrogen (secondary N) is 2. The lowest BCUT2D eigenvalue weighted by atomic mass is 10.0. The van der Waals surface area contributed by atoms with Gasteiger partial charge in [0.05, 0.1) is 12.3 Å². The van der Waals surface area contributed by atoms with E-state index in [9.17, 15) is 9.59 Å². The van der Waals surface area contributed by atoms with E-state index in [0.29, 0.717) is 17.7 Å². The SMILES string of the molecule is CC[C@@H](NC(=O)/C(=C/c1ccco1)NC(=O)c1ccccc1C)c1ccc(C)cc1. The Kier molecular flexibility index (Phi) is 6.86. The van der Waals surface area contributed by atoms with Gasteiger partial charge in [-0.15, -0.1) is 0 Å². The topological polar surface area (TPSA) is 71.3 Å². The number of furan rings is 1. The van der Waals surface area contributed by atoms with Gasteiger partial charge in [-0.25, -0.2) is 0 Å². The number of aryl methyl sites for hydroxylation is 2. The first-order chi connectivity index (χ1) is 14.5. The van der Waals surface area contributed by atoms with Crippen molar-refractivity contribution in [3.05, 3.63) is 101 Å². The van der Waals surface area contributed by atoms with Crippen LogP contribution in [0.3, 0.4) is 0 Å². The van der Waals surface area contributed by atoms with Crippen molar-refractivity contribution in [3.63, 3.8) is 0 Å². The first kappa shape index (κ1) is 21.1. The van der Waals surface area contributed by atoms with Crippen LogP contribution >= 0.6 is 0 Å². The van der Waals surface area contributed by atoms with E-state index >= 15 is 0 Å². The summed E-state index contributed by atoms with van der Waals surface area (Å²) in [6.45, 7) is 5.89. The summed E-state index contributed by atoms with van der Waals surface area (Å²) < 4.78 is 5.35. The van der Waals surface area contributed by atoms with Gasteiger partial charge < -0.3 is 15.1 Å². The lowest BCUT2D eigenvalue weighted by Crippen LogP contribution is -2.37.